The largest absolute Gasteiger partial charge is 0.310 e. The second kappa shape index (κ2) is 13.6. The van der Waals surface area contributed by atoms with E-state index in [1.54, 1.807) is 0 Å². The van der Waals surface area contributed by atoms with Crippen LogP contribution in [0.25, 0.3) is 84.9 Å². The van der Waals surface area contributed by atoms with E-state index in [-0.39, 0.29) is 5.41 Å². The number of fused-ring (bicyclic) bond motifs is 10. The summed E-state index contributed by atoms with van der Waals surface area (Å²) in [5, 5.41) is 5.42. The van der Waals surface area contributed by atoms with Crippen molar-refractivity contribution >= 4 is 80.1 Å². The average Bonchev–Trinajstić information content (AvgIpc) is 3.95. The molecule has 11 aromatic rings. The van der Waals surface area contributed by atoms with E-state index in [2.05, 4.69) is 219 Å². The highest BCUT2D eigenvalue weighted by atomic mass is 32.1. The second-order valence-electron chi connectivity index (χ2n) is 16.5. The molecule has 1 nitrogen and oxygen atoms in total. The van der Waals surface area contributed by atoms with E-state index in [4.69, 9.17) is 0 Å². The number of nitrogens with zero attached hydrogens (tertiary/aromatic N) is 1. The first kappa shape index (κ1) is 35.2. The van der Waals surface area contributed by atoms with Gasteiger partial charge in [-0.05, 0) is 110 Å². The minimum Gasteiger partial charge on any atom is -0.310 e. The number of benzene rings is 9. The lowest BCUT2D eigenvalue weighted by Gasteiger charge is -2.26. The highest BCUT2D eigenvalue weighted by Gasteiger charge is 2.35. The van der Waals surface area contributed by atoms with Crippen LogP contribution >= 0.6 is 22.7 Å². The van der Waals surface area contributed by atoms with Crippen LogP contribution in [-0.2, 0) is 5.41 Å². The van der Waals surface area contributed by atoms with Crippen molar-refractivity contribution in [2.24, 2.45) is 0 Å². The van der Waals surface area contributed by atoms with Crippen LogP contribution in [0.4, 0.5) is 17.1 Å². The van der Waals surface area contributed by atoms with Crippen molar-refractivity contribution in [1.29, 1.82) is 0 Å². The molecule has 0 unspecified atom stereocenters. The Hall–Kier alpha value is -6.78. The highest BCUT2D eigenvalue weighted by molar-refractivity contribution is 7.30. The molecule has 0 saturated heterocycles. The van der Waals surface area contributed by atoms with Crippen LogP contribution in [0.2, 0.25) is 0 Å². The molecule has 0 radical (unpaired) electrons. The minimum atomic E-state index is -0.0389. The van der Waals surface area contributed by atoms with Crippen molar-refractivity contribution < 1.29 is 0 Å². The Morgan fingerprint density at radius 3 is 1.78 bits per heavy atom. The molecule has 9 aromatic carbocycles. The molecule has 0 fully saturated rings. The SMILES string of the molecule is CC1(C)c2ccccc2-c2ccc(-c3ccc(N(c4ccc(-c5cccc6c5sc5ccc7c8ccccc8sc7c56)cc4)c4cccc(-c5ccccc5)c4)cc3)cc21. The molecule has 1 aliphatic rings. The number of rotatable bonds is 6. The van der Waals surface area contributed by atoms with Gasteiger partial charge in [-0.3, -0.25) is 0 Å². The summed E-state index contributed by atoms with van der Waals surface area (Å²) in [6, 6.07) is 74.0. The lowest BCUT2D eigenvalue weighted by Crippen LogP contribution is -2.14. The third-order valence-corrected chi connectivity index (χ3v) is 15.1. The van der Waals surface area contributed by atoms with Gasteiger partial charge >= 0.3 is 0 Å². The summed E-state index contributed by atoms with van der Waals surface area (Å²) in [5.41, 5.74) is 16.2. The van der Waals surface area contributed by atoms with Gasteiger partial charge in [0, 0.05) is 62.8 Å². The van der Waals surface area contributed by atoms with Crippen molar-refractivity contribution in [3.63, 3.8) is 0 Å². The molecular formula is C57H39NS2. The minimum absolute atomic E-state index is 0.0389. The van der Waals surface area contributed by atoms with Crippen molar-refractivity contribution in [2.75, 3.05) is 4.90 Å². The van der Waals surface area contributed by atoms with E-state index in [9.17, 15) is 0 Å². The fourth-order valence-electron chi connectivity index (χ4n) is 9.67. The van der Waals surface area contributed by atoms with Crippen molar-refractivity contribution in [1.82, 2.24) is 0 Å². The molecule has 3 heteroatoms. The molecule has 2 heterocycles. The van der Waals surface area contributed by atoms with Crippen molar-refractivity contribution in [2.45, 2.75) is 19.3 Å². The Kier molecular flexibility index (Phi) is 8.00. The molecule has 60 heavy (non-hydrogen) atoms. The predicted octanol–water partition coefficient (Wildman–Crippen LogP) is 17.2. The Labute approximate surface area is 358 Å². The van der Waals surface area contributed by atoms with Crippen molar-refractivity contribution in [3.8, 4) is 44.5 Å². The summed E-state index contributed by atoms with van der Waals surface area (Å²) in [5.74, 6) is 0. The smallest absolute Gasteiger partial charge is 0.0467 e. The second-order valence-corrected chi connectivity index (χ2v) is 18.6. The van der Waals surface area contributed by atoms with E-state index >= 15 is 0 Å². The quantitative estimate of drug-likeness (QED) is 0.162. The molecule has 0 N–H and O–H groups in total. The van der Waals surface area contributed by atoms with E-state index in [0.29, 0.717) is 0 Å². The summed E-state index contributed by atoms with van der Waals surface area (Å²) < 4.78 is 5.41. The predicted molar refractivity (Wildman–Crippen MR) is 261 cm³/mol. The maximum Gasteiger partial charge on any atom is 0.0467 e. The fourth-order valence-corrected chi connectivity index (χ4v) is 12.2. The molecule has 0 atom stereocenters. The van der Waals surface area contributed by atoms with E-state index in [0.717, 1.165) is 17.1 Å². The molecule has 0 amide bonds. The van der Waals surface area contributed by atoms with Gasteiger partial charge in [0.25, 0.3) is 0 Å². The van der Waals surface area contributed by atoms with Gasteiger partial charge in [0.05, 0.1) is 0 Å². The highest BCUT2D eigenvalue weighted by Crippen LogP contribution is 2.50. The Morgan fingerprint density at radius 2 is 0.950 bits per heavy atom. The number of thiophene rings is 2. The first-order chi connectivity index (χ1) is 29.5. The van der Waals surface area contributed by atoms with E-state index < -0.39 is 0 Å². The van der Waals surface area contributed by atoms with E-state index in [1.807, 2.05) is 22.7 Å². The van der Waals surface area contributed by atoms with Crippen LogP contribution in [-0.4, -0.2) is 0 Å². The van der Waals surface area contributed by atoms with Crippen LogP contribution in [0.15, 0.2) is 200 Å². The molecule has 1 aliphatic carbocycles. The zero-order chi connectivity index (χ0) is 40.0. The van der Waals surface area contributed by atoms with E-state index in [1.165, 1.54) is 96.0 Å². The third-order valence-electron chi connectivity index (χ3n) is 12.7. The molecule has 12 rings (SSSR count). The number of hydrogen-bond donors (Lipinski definition) is 0. The molecular weight excluding hydrogens is 763 g/mol. The van der Waals surface area contributed by atoms with Crippen LogP contribution in [0, 0.1) is 0 Å². The summed E-state index contributed by atoms with van der Waals surface area (Å²) in [4.78, 5) is 2.39. The zero-order valence-electron chi connectivity index (χ0n) is 33.3. The zero-order valence-corrected chi connectivity index (χ0v) is 34.9. The van der Waals surface area contributed by atoms with Crippen LogP contribution in [0.3, 0.4) is 0 Å². The average molecular weight is 802 g/mol. The Bertz CT molecular complexity index is 3440. The Morgan fingerprint density at radius 1 is 0.350 bits per heavy atom. The maximum absolute atomic E-state index is 2.41. The number of hydrogen-bond acceptors (Lipinski definition) is 3. The fraction of sp³-hybridized carbons (Fsp3) is 0.0526. The van der Waals surface area contributed by atoms with Gasteiger partial charge in [0.15, 0.2) is 0 Å². The lowest BCUT2D eigenvalue weighted by atomic mass is 9.81. The molecule has 0 aliphatic heterocycles. The van der Waals surface area contributed by atoms with Crippen LogP contribution < -0.4 is 4.90 Å². The molecule has 0 saturated carbocycles. The summed E-state index contributed by atoms with van der Waals surface area (Å²) >= 11 is 3.83. The van der Waals surface area contributed by atoms with Crippen molar-refractivity contribution in [3.05, 3.63) is 211 Å². The number of anilines is 3. The van der Waals surface area contributed by atoms with Crippen LogP contribution in [0.1, 0.15) is 25.0 Å². The van der Waals surface area contributed by atoms with Gasteiger partial charge in [-0.25, -0.2) is 0 Å². The first-order valence-electron chi connectivity index (χ1n) is 20.7. The standard InChI is InChI=1S/C57H39NS2/c1-57(2)50-20-8-6-16-45(50)46-31-26-40(35-51(46)57)37-22-27-41(28-23-37)58(43-15-10-14-39(34-43)36-12-4-3-5-13-36)42-29-24-38(25-30-42)44-18-11-19-49-54-53(60-55(44)49)33-32-48-47-17-7-9-21-52(47)59-56(48)54/h3-35H,1-2H3. The third kappa shape index (κ3) is 5.50. The monoisotopic (exact) mass is 801 g/mol. The first-order valence-corrected chi connectivity index (χ1v) is 22.3. The van der Waals surface area contributed by atoms with Gasteiger partial charge in [0.2, 0.25) is 0 Å². The topological polar surface area (TPSA) is 3.24 Å². The van der Waals surface area contributed by atoms with Crippen LogP contribution in [0.5, 0.6) is 0 Å². The summed E-state index contributed by atoms with van der Waals surface area (Å²) in [7, 11) is 0. The maximum atomic E-state index is 2.41. The molecule has 2 aromatic heterocycles. The van der Waals surface area contributed by atoms with Gasteiger partial charge in [-0.2, -0.15) is 0 Å². The summed E-state index contributed by atoms with van der Waals surface area (Å²) in [6.07, 6.45) is 0. The van der Waals surface area contributed by atoms with Gasteiger partial charge in [-0.1, -0.05) is 159 Å². The molecule has 284 valence electrons. The molecule has 0 bridgehead atoms. The summed E-state index contributed by atoms with van der Waals surface area (Å²) in [6.45, 7) is 4.70. The van der Waals surface area contributed by atoms with Gasteiger partial charge in [0.1, 0.15) is 0 Å². The van der Waals surface area contributed by atoms with Gasteiger partial charge in [-0.15, -0.1) is 22.7 Å². The van der Waals surface area contributed by atoms with Gasteiger partial charge < -0.3 is 4.90 Å². The normalized spacial score (nSPS) is 13.0. The molecule has 0 spiro atoms. The Balaban J connectivity index is 0.941. The lowest BCUT2D eigenvalue weighted by molar-refractivity contribution is 0.660.